The van der Waals surface area contributed by atoms with E-state index in [2.05, 4.69) is 65.6 Å². The molecule has 30 heavy (non-hydrogen) atoms. The second-order valence-electron chi connectivity index (χ2n) is 7.59. The van der Waals surface area contributed by atoms with Crippen LogP contribution in [0.25, 0.3) is 6.08 Å². The standard InChI is InChI=1S/C26H27N3O/c27-24-14-11-21(12-15-24)13-16-25(30)28-17-19-29(20-18-28)26(22-7-3-1-4-8-22)23-9-5-2-6-10-23/h1-16,26H,17-20,27H2/b16-13+. The van der Waals surface area contributed by atoms with E-state index in [-0.39, 0.29) is 11.9 Å². The summed E-state index contributed by atoms with van der Waals surface area (Å²) < 4.78 is 0. The Bertz CT molecular complexity index is 936. The summed E-state index contributed by atoms with van der Waals surface area (Å²) in [5.74, 6) is 0.0578. The molecule has 3 aromatic carbocycles. The van der Waals surface area contributed by atoms with Crippen LogP contribution in [0.1, 0.15) is 22.7 Å². The highest BCUT2D eigenvalue weighted by Gasteiger charge is 2.27. The molecule has 1 amide bonds. The molecule has 4 rings (SSSR count). The SMILES string of the molecule is Nc1ccc(/C=C/C(=O)N2CCN(C(c3ccccc3)c3ccccc3)CC2)cc1. The summed E-state index contributed by atoms with van der Waals surface area (Å²) in [6.45, 7) is 3.13. The number of anilines is 1. The number of carbonyl (C=O) groups excluding carboxylic acids is 1. The van der Waals surface area contributed by atoms with Gasteiger partial charge in [0.2, 0.25) is 5.91 Å². The molecule has 0 radical (unpaired) electrons. The Morgan fingerprint density at radius 3 is 1.83 bits per heavy atom. The fraction of sp³-hybridized carbons (Fsp3) is 0.192. The van der Waals surface area contributed by atoms with Crippen molar-refractivity contribution in [2.24, 2.45) is 0 Å². The molecule has 2 N–H and O–H groups in total. The summed E-state index contributed by atoms with van der Waals surface area (Å²) in [6.07, 6.45) is 3.51. The zero-order valence-electron chi connectivity index (χ0n) is 17.0. The maximum Gasteiger partial charge on any atom is 0.246 e. The van der Waals surface area contributed by atoms with Gasteiger partial charge in [-0.2, -0.15) is 0 Å². The third-order valence-electron chi connectivity index (χ3n) is 5.58. The quantitative estimate of drug-likeness (QED) is 0.518. The summed E-state index contributed by atoms with van der Waals surface area (Å²) in [5.41, 5.74) is 9.98. The third-order valence-corrected chi connectivity index (χ3v) is 5.58. The number of piperazine rings is 1. The van der Waals surface area contributed by atoms with E-state index in [1.165, 1.54) is 11.1 Å². The zero-order chi connectivity index (χ0) is 20.8. The molecule has 152 valence electrons. The topological polar surface area (TPSA) is 49.6 Å². The van der Waals surface area contributed by atoms with Crippen LogP contribution in [0.3, 0.4) is 0 Å². The molecule has 1 aliphatic heterocycles. The number of rotatable bonds is 5. The lowest BCUT2D eigenvalue weighted by atomic mass is 9.96. The van der Waals surface area contributed by atoms with Crippen LogP contribution >= 0.6 is 0 Å². The van der Waals surface area contributed by atoms with Gasteiger partial charge in [-0.15, -0.1) is 0 Å². The average molecular weight is 398 g/mol. The highest BCUT2D eigenvalue weighted by Crippen LogP contribution is 2.29. The number of hydrogen-bond acceptors (Lipinski definition) is 3. The molecule has 1 heterocycles. The van der Waals surface area contributed by atoms with E-state index in [1.807, 2.05) is 35.2 Å². The summed E-state index contributed by atoms with van der Waals surface area (Å²) in [4.78, 5) is 17.0. The van der Waals surface area contributed by atoms with E-state index < -0.39 is 0 Å². The van der Waals surface area contributed by atoms with Crippen molar-refractivity contribution in [1.82, 2.24) is 9.80 Å². The van der Waals surface area contributed by atoms with Crippen molar-refractivity contribution in [1.29, 1.82) is 0 Å². The first-order valence-electron chi connectivity index (χ1n) is 10.4. The molecular formula is C26H27N3O. The summed E-state index contributed by atoms with van der Waals surface area (Å²) in [5, 5.41) is 0. The molecule has 0 atom stereocenters. The second-order valence-corrected chi connectivity index (χ2v) is 7.59. The van der Waals surface area contributed by atoms with E-state index >= 15 is 0 Å². The summed E-state index contributed by atoms with van der Waals surface area (Å²) >= 11 is 0. The third kappa shape index (κ3) is 4.78. The number of nitrogens with zero attached hydrogens (tertiary/aromatic N) is 2. The van der Waals surface area contributed by atoms with Gasteiger partial charge in [0.25, 0.3) is 0 Å². The van der Waals surface area contributed by atoms with E-state index in [0.29, 0.717) is 0 Å². The Labute approximate surface area is 178 Å². The highest BCUT2D eigenvalue weighted by molar-refractivity contribution is 5.91. The predicted octanol–water partition coefficient (Wildman–Crippen LogP) is 4.22. The lowest BCUT2D eigenvalue weighted by Gasteiger charge is -2.39. The maximum atomic E-state index is 12.7. The zero-order valence-corrected chi connectivity index (χ0v) is 17.0. The Hall–Kier alpha value is -3.37. The molecule has 1 saturated heterocycles. The minimum absolute atomic E-state index is 0.0578. The van der Waals surface area contributed by atoms with E-state index in [4.69, 9.17) is 5.73 Å². The fourth-order valence-corrected chi connectivity index (χ4v) is 3.97. The number of hydrogen-bond donors (Lipinski definition) is 1. The van der Waals surface area contributed by atoms with Gasteiger partial charge in [-0.3, -0.25) is 9.69 Å². The lowest BCUT2D eigenvalue weighted by Crippen LogP contribution is -2.49. The van der Waals surface area contributed by atoms with Gasteiger partial charge in [0, 0.05) is 37.9 Å². The van der Waals surface area contributed by atoms with Crippen LogP contribution in [0.15, 0.2) is 91.0 Å². The summed E-state index contributed by atoms with van der Waals surface area (Å²) in [6, 6.07) is 28.9. The molecule has 3 aromatic rings. The Kier molecular flexibility index (Phi) is 6.26. The predicted molar refractivity (Wildman–Crippen MR) is 123 cm³/mol. The van der Waals surface area contributed by atoms with Crippen LogP contribution in [0.4, 0.5) is 5.69 Å². The largest absolute Gasteiger partial charge is 0.399 e. The number of nitrogens with two attached hydrogens (primary N) is 1. The summed E-state index contributed by atoms with van der Waals surface area (Å²) in [7, 11) is 0. The molecule has 0 unspecified atom stereocenters. The first-order chi connectivity index (χ1) is 14.7. The first-order valence-corrected chi connectivity index (χ1v) is 10.4. The van der Waals surface area contributed by atoms with Crippen molar-refractivity contribution in [3.05, 3.63) is 108 Å². The minimum atomic E-state index is 0.0578. The van der Waals surface area contributed by atoms with Crippen LogP contribution < -0.4 is 5.73 Å². The number of benzene rings is 3. The van der Waals surface area contributed by atoms with Crippen molar-refractivity contribution < 1.29 is 4.79 Å². The van der Waals surface area contributed by atoms with Gasteiger partial charge in [0.15, 0.2) is 0 Å². The van der Waals surface area contributed by atoms with Crippen LogP contribution in [0.2, 0.25) is 0 Å². The number of amides is 1. The van der Waals surface area contributed by atoms with Gasteiger partial charge in [-0.25, -0.2) is 0 Å². The Morgan fingerprint density at radius 2 is 1.30 bits per heavy atom. The van der Waals surface area contributed by atoms with Crippen molar-refractivity contribution in [2.75, 3.05) is 31.9 Å². The van der Waals surface area contributed by atoms with Gasteiger partial charge < -0.3 is 10.6 Å². The average Bonchev–Trinajstić information content (AvgIpc) is 2.81. The van der Waals surface area contributed by atoms with Crippen LogP contribution in [0.5, 0.6) is 0 Å². The van der Waals surface area contributed by atoms with Crippen LogP contribution in [0, 0.1) is 0 Å². The number of carbonyl (C=O) groups is 1. The molecule has 4 heteroatoms. The van der Waals surface area contributed by atoms with E-state index in [9.17, 15) is 4.79 Å². The second kappa shape index (κ2) is 9.42. The molecule has 0 saturated carbocycles. The minimum Gasteiger partial charge on any atom is -0.399 e. The van der Waals surface area contributed by atoms with Crippen molar-refractivity contribution in [3.63, 3.8) is 0 Å². The van der Waals surface area contributed by atoms with Crippen LogP contribution in [-0.2, 0) is 4.79 Å². The van der Waals surface area contributed by atoms with Crippen molar-refractivity contribution in [2.45, 2.75) is 6.04 Å². The maximum absolute atomic E-state index is 12.7. The van der Waals surface area contributed by atoms with Crippen LogP contribution in [-0.4, -0.2) is 41.9 Å². The normalized spacial score (nSPS) is 15.0. The highest BCUT2D eigenvalue weighted by atomic mass is 16.2. The fourth-order valence-electron chi connectivity index (χ4n) is 3.97. The molecule has 0 aliphatic carbocycles. The van der Waals surface area contributed by atoms with Gasteiger partial charge in [0.05, 0.1) is 6.04 Å². The van der Waals surface area contributed by atoms with Crippen molar-refractivity contribution in [3.8, 4) is 0 Å². The van der Waals surface area contributed by atoms with E-state index in [1.54, 1.807) is 6.08 Å². The van der Waals surface area contributed by atoms with Gasteiger partial charge >= 0.3 is 0 Å². The molecule has 0 spiro atoms. The van der Waals surface area contributed by atoms with Crippen molar-refractivity contribution >= 4 is 17.7 Å². The van der Waals surface area contributed by atoms with Gasteiger partial charge in [-0.05, 0) is 34.9 Å². The molecule has 1 fully saturated rings. The molecule has 1 aliphatic rings. The van der Waals surface area contributed by atoms with E-state index in [0.717, 1.165) is 37.4 Å². The van der Waals surface area contributed by atoms with Gasteiger partial charge in [0.1, 0.15) is 0 Å². The molecule has 4 nitrogen and oxygen atoms in total. The lowest BCUT2D eigenvalue weighted by molar-refractivity contribution is -0.127. The monoisotopic (exact) mass is 397 g/mol. The Balaban J connectivity index is 1.43. The number of nitrogen functional groups attached to an aromatic ring is 1. The van der Waals surface area contributed by atoms with Gasteiger partial charge in [-0.1, -0.05) is 72.8 Å². The molecular weight excluding hydrogens is 370 g/mol. The Morgan fingerprint density at radius 1 is 0.767 bits per heavy atom. The smallest absolute Gasteiger partial charge is 0.246 e. The molecule has 0 aromatic heterocycles. The molecule has 0 bridgehead atoms. The first kappa shape index (κ1) is 19.9.